The van der Waals surface area contributed by atoms with Gasteiger partial charge in [-0.2, -0.15) is 0 Å². The number of hydrogen-bond donors (Lipinski definition) is 2. The fraction of sp³-hybridized carbons (Fsp3) is 0.562. The van der Waals surface area contributed by atoms with Gasteiger partial charge in [-0.3, -0.25) is 14.2 Å². The third-order valence-corrected chi connectivity index (χ3v) is 5.09. The highest BCUT2D eigenvalue weighted by Gasteiger charge is 2.17. The smallest absolute Gasteiger partial charge is 0.328 e. The second kappa shape index (κ2) is 8.53. The largest absolute Gasteiger partial charge is 0.416 e. The molecule has 1 aliphatic heterocycles. The third-order valence-electron chi connectivity index (χ3n) is 4.27. The van der Waals surface area contributed by atoms with Gasteiger partial charge in [-0.15, -0.1) is 10.2 Å². The average molecular weight is 395 g/mol. The van der Waals surface area contributed by atoms with Gasteiger partial charge in [0.2, 0.25) is 11.8 Å². The van der Waals surface area contributed by atoms with E-state index in [2.05, 4.69) is 20.5 Å². The number of rotatable bonds is 7. The Hall–Kier alpha value is -2.40. The lowest BCUT2D eigenvalue weighted by Gasteiger charge is -2.09. The Morgan fingerprint density at radius 2 is 2.22 bits per heavy atom. The lowest BCUT2D eigenvalue weighted by molar-refractivity contribution is -0.119. The van der Waals surface area contributed by atoms with Crippen LogP contribution in [0.15, 0.2) is 19.2 Å². The number of hydrogen-bond acceptors (Lipinski definition) is 8. The second-order valence-electron chi connectivity index (χ2n) is 6.26. The van der Waals surface area contributed by atoms with E-state index >= 15 is 0 Å². The molecular formula is C16H21N5O5S. The topological polar surface area (TPSA) is 132 Å². The highest BCUT2D eigenvalue weighted by atomic mass is 32.2. The van der Waals surface area contributed by atoms with Gasteiger partial charge in [-0.05, 0) is 19.8 Å². The maximum absolute atomic E-state index is 12.2. The van der Waals surface area contributed by atoms with Crippen molar-refractivity contribution >= 4 is 17.7 Å². The Morgan fingerprint density at radius 3 is 2.96 bits per heavy atom. The molecule has 2 aromatic heterocycles. The van der Waals surface area contributed by atoms with E-state index in [-0.39, 0.29) is 35.3 Å². The minimum Gasteiger partial charge on any atom is -0.416 e. The summed E-state index contributed by atoms with van der Waals surface area (Å²) in [4.78, 5) is 38.2. The summed E-state index contributed by atoms with van der Waals surface area (Å²) in [6, 6.07) is 0. The van der Waals surface area contributed by atoms with Crippen molar-refractivity contribution in [2.75, 3.05) is 18.9 Å². The minimum atomic E-state index is -0.475. The molecule has 1 unspecified atom stereocenters. The lowest BCUT2D eigenvalue weighted by atomic mass is 10.2. The Balaban J connectivity index is 1.54. The van der Waals surface area contributed by atoms with E-state index in [1.165, 1.54) is 7.05 Å². The number of carbonyl (C=O) groups excluding carboxylic acids is 1. The SMILES string of the molecule is Cc1[nH]c(=O)n(C)c(=O)c1Cc1nnc(SCC(=O)NCC2CCCO2)o1. The maximum atomic E-state index is 12.2. The number of aryl methyl sites for hydroxylation is 1. The molecule has 1 saturated heterocycles. The summed E-state index contributed by atoms with van der Waals surface area (Å²) in [5, 5.41) is 10.8. The molecular weight excluding hydrogens is 374 g/mol. The van der Waals surface area contributed by atoms with Crippen LogP contribution in [0.1, 0.15) is 30.0 Å². The van der Waals surface area contributed by atoms with Gasteiger partial charge in [-0.25, -0.2) is 4.79 Å². The molecule has 11 heteroatoms. The molecule has 0 saturated carbocycles. The average Bonchev–Trinajstić information content (AvgIpc) is 3.32. The molecule has 0 radical (unpaired) electrons. The van der Waals surface area contributed by atoms with E-state index in [9.17, 15) is 14.4 Å². The van der Waals surface area contributed by atoms with E-state index in [0.717, 1.165) is 35.8 Å². The Bertz CT molecular complexity index is 928. The van der Waals surface area contributed by atoms with Crippen molar-refractivity contribution in [2.45, 2.75) is 37.5 Å². The molecule has 1 aliphatic rings. The Kier molecular flexibility index (Phi) is 6.11. The molecule has 1 amide bonds. The predicted octanol–water partition coefficient (Wildman–Crippen LogP) is -0.257. The zero-order chi connectivity index (χ0) is 19.4. The van der Waals surface area contributed by atoms with Crippen LogP contribution in [0.2, 0.25) is 0 Å². The number of thioether (sulfide) groups is 1. The zero-order valence-electron chi connectivity index (χ0n) is 15.1. The first-order valence-electron chi connectivity index (χ1n) is 8.56. The summed E-state index contributed by atoms with van der Waals surface area (Å²) < 4.78 is 11.9. The van der Waals surface area contributed by atoms with Gasteiger partial charge in [0.1, 0.15) is 0 Å². The summed E-state index contributed by atoms with van der Waals surface area (Å²) in [5.74, 6) is 0.249. The summed E-state index contributed by atoms with van der Waals surface area (Å²) in [5.41, 5.74) is -0.0372. The van der Waals surface area contributed by atoms with Crippen molar-refractivity contribution < 1.29 is 13.9 Å². The van der Waals surface area contributed by atoms with Gasteiger partial charge < -0.3 is 19.5 Å². The standard InChI is InChI=1S/C16H21N5O5S/c1-9-11(14(23)21(2)15(24)18-9)6-13-19-20-16(26-13)27-8-12(22)17-7-10-4-3-5-25-10/h10H,3-8H2,1-2H3,(H,17,22)(H,18,24). The molecule has 0 bridgehead atoms. The van der Waals surface area contributed by atoms with Crippen molar-refractivity contribution in [1.82, 2.24) is 25.1 Å². The molecule has 146 valence electrons. The van der Waals surface area contributed by atoms with Crippen molar-refractivity contribution in [1.29, 1.82) is 0 Å². The first-order valence-corrected chi connectivity index (χ1v) is 9.55. The molecule has 0 spiro atoms. The fourth-order valence-electron chi connectivity index (χ4n) is 2.71. The van der Waals surface area contributed by atoms with Gasteiger partial charge in [0, 0.05) is 31.5 Å². The van der Waals surface area contributed by atoms with Crippen molar-refractivity contribution in [3.05, 3.63) is 38.0 Å². The number of nitrogens with one attached hydrogen (secondary N) is 2. The first kappa shape index (κ1) is 19.4. The fourth-order valence-corrected chi connectivity index (χ4v) is 3.32. The van der Waals surface area contributed by atoms with Crippen LogP contribution in [0.4, 0.5) is 0 Å². The first-order chi connectivity index (χ1) is 12.9. The maximum Gasteiger partial charge on any atom is 0.328 e. The molecule has 10 nitrogen and oxygen atoms in total. The number of aromatic amines is 1. The highest BCUT2D eigenvalue weighted by Crippen LogP contribution is 2.17. The van der Waals surface area contributed by atoms with Crippen LogP contribution in [0, 0.1) is 6.92 Å². The van der Waals surface area contributed by atoms with E-state index in [0.29, 0.717) is 17.8 Å². The second-order valence-corrected chi connectivity index (χ2v) is 7.19. The van der Waals surface area contributed by atoms with E-state index in [1.807, 2.05) is 0 Å². The summed E-state index contributed by atoms with van der Waals surface area (Å²) in [7, 11) is 1.40. The van der Waals surface area contributed by atoms with Gasteiger partial charge in [0.15, 0.2) is 0 Å². The third kappa shape index (κ3) is 4.86. The van der Waals surface area contributed by atoms with E-state index in [4.69, 9.17) is 9.15 Å². The number of carbonyl (C=O) groups is 1. The lowest BCUT2D eigenvalue weighted by Crippen LogP contribution is -2.36. The molecule has 1 atom stereocenters. The molecule has 3 rings (SSSR count). The quantitative estimate of drug-likeness (QED) is 0.613. The van der Waals surface area contributed by atoms with Crippen molar-refractivity contribution in [2.24, 2.45) is 7.05 Å². The Morgan fingerprint density at radius 1 is 1.41 bits per heavy atom. The Labute approximate surface area is 158 Å². The van der Waals surface area contributed by atoms with Crippen LogP contribution in [-0.4, -0.2) is 50.7 Å². The molecule has 3 heterocycles. The molecule has 1 fully saturated rings. The summed E-state index contributed by atoms with van der Waals surface area (Å²) >= 11 is 1.12. The van der Waals surface area contributed by atoms with Crippen LogP contribution in [-0.2, 0) is 23.0 Å². The zero-order valence-corrected chi connectivity index (χ0v) is 15.9. The van der Waals surface area contributed by atoms with Gasteiger partial charge in [0.25, 0.3) is 10.8 Å². The number of nitrogens with zero attached hydrogens (tertiary/aromatic N) is 3. The van der Waals surface area contributed by atoms with Gasteiger partial charge in [-0.1, -0.05) is 11.8 Å². The molecule has 2 N–H and O–H groups in total. The minimum absolute atomic E-state index is 0.0946. The van der Waals surface area contributed by atoms with Crippen LogP contribution < -0.4 is 16.6 Å². The van der Waals surface area contributed by atoms with Crippen LogP contribution in [0.3, 0.4) is 0 Å². The molecule has 0 aliphatic carbocycles. The monoisotopic (exact) mass is 395 g/mol. The van der Waals surface area contributed by atoms with Crippen LogP contribution >= 0.6 is 11.8 Å². The number of H-pyrrole nitrogens is 1. The summed E-state index contributed by atoms with van der Waals surface area (Å²) in [6.45, 7) is 2.89. The van der Waals surface area contributed by atoms with Crippen LogP contribution in [0.5, 0.6) is 0 Å². The number of ether oxygens (including phenoxy) is 1. The number of amides is 1. The van der Waals surface area contributed by atoms with Crippen LogP contribution in [0.25, 0.3) is 0 Å². The van der Waals surface area contributed by atoms with Gasteiger partial charge >= 0.3 is 5.69 Å². The molecule has 27 heavy (non-hydrogen) atoms. The van der Waals surface area contributed by atoms with E-state index < -0.39 is 11.2 Å². The van der Waals surface area contributed by atoms with Gasteiger partial charge in [0.05, 0.1) is 18.3 Å². The number of aromatic nitrogens is 4. The van der Waals surface area contributed by atoms with Crippen molar-refractivity contribution in [3.63, 3.8) is 0 Å². The van der Waals surface area contributed by atoms with Crippen molar-refractivity contribution in [3.8, 4) is 0 Å². The predicted molar refractivity (Wildman–Crippen MR) is 96.9 cm³/mol. The molecule has 0 aromatic carbocycles. The summed E-state index contributed by atoms with van der Waals surface area (Å²) in [6.07, 6.45) is 2.19. The molecule has 2 aromatic rings. The van der Waals surface area contributed by atoms with E-state index in [1.54, 1.807) is 6.92 Å². The normalized spacial score (nSPS) is 16.6. The highest BCUT2D eigenvalue weighted by molar-refractivity contribution is 7.99.